The van der Waals surface area contributed by atoms with E-state index < -0.39 is 0 Å². The first-order valence-electron chi connectivity index (χ1n) is 5.84. The van der Waals surface area contributed by atoms with Crippen molar-refractivity contribution in [1.82, 2.24) is 5.48 Å². The van der Waals surface area contributed by atoms with Gasteiger partial charge in [-0.05, 0) is 23.5 Å². The van der Waals surface area contributed by atoms with Crippen molar-refractivity contribution in [2.75, 3.05) is 14.2 Å². The van der Waals surface area contributed by atoms with E-state index in [1.54, 1.807) is 14.2 Å². The maximum atomic E-state index is 5.59. The van der Waals surface area contributed by atoms with E-state index in [1.807, 2.05) is 0 Å². The molecule has 0 aliphatic rings. The molecule has 0 fully saturated rings. The predicted molar refractivity (Wildman–Crippen MR) is 70.3 cm³/mol. The van der Waals surface area contributed by atoms with Crippen molar-refractivity contribution in [2.24, 2.45) is 0 Å². The first-order valence-corrected chi connectivity index (χ1v) is 5.84. The monoisotopic (exact) mass is 237 g/mol. The van der Waals surface area contributed by atoms with Crippen LogP contribution in [0.3, 0.4) is 0 Å². The summed E-state index contributed by atoms with van der Waals surface area (Å²) >= 11 is 0. The van der Waals surface area contributed by atoms with E-state index >= 15 is 0 Å². The molecule has 0 atom stereocenters. The summed E-state index contributed by atoms with van der Waals surface area (Å²) in [6.07, 6.45) is 0. The molecule has 0 saturated heterocycles. The minimum absolute atomic E-state index is 0.0703. The van der Waals surface area contributed by atoms with Crippen molar-refractivity contribution in [3.8, 4) is 5.75 Å². The third kappa shape index (κ3) is 3.20. The number of nitrogens with one attached hydrogen (secondary N) is 1. The van der Waals surface area contributed by atoms with Crippen LogP contribution in [0.2, 0.25) is 0 Å². The Morgan fingerprint density at radius 2 is 1.82 bits per heavy atom. The summed E-state index contributed by atoms with van der Waals surface area (Å²) < 4.78 is 5.59. The van der Waals surface area contributed by atoms with Gasteiger partial charge in [-0.1, -0.05) is 32.9 Å². The van der Waals surface area contributed by atoms with Crippen LogP contribution in [0.5, 0.6) is 5.75 Å². The average Bonchev–Trinajstić information content (AvgIpc) is 2.25. The van der Waals surface area contributed by atoms with Crippen molar-refractivity contribution in [3.63, 3.8) is 0 Å². The number of hydrogen-bond acceptors (Lipinski definition) is 3. The summed E-state index contributed by atoms with van der Waals surface area (Å²) in [4.78, 5) is 4.92. The predicted octanol–water partition coefficient (Wildman–Crippen LogP) is 2.95. The van der Waals surface area contributed by atoms with Crippen LogP contribution < -0.4 is 10.2 Å². The molecule has 17 heavy (non-hydrogen) atoms. The summed E-state index contributed by atoms with van der Waals surface area (Å²) in [6.45, 7) is 9.30. The Bertz CT molecular complexity index is 381. The number of benzene rings is 1. The summed E-state index contributed by atoms with van der Waals surface area (Å²) in [7, 11) is 3.34. The fraction of sp³-hybridized carbons (Fsp3) is 0.571. The Labute approximate surface area is 104 Å². The number of hydrogen-bond donors (Lipinski definition) is 1. The number of methoxy groups -OCH3 is 1. The Morgan fingerprint density at radius 3 is 2.29 bits per heavy atom. The van der Waals surface area contributed by atoms with Crippen molar-refractivity contribution in [1.29, 1.82) is 0 Å². The summed E-state index contributed by atoms with van der Waals surface area (Å²) in [5.74, 6) is 0.960. The van der Waals surface area contributed by atoms with Crippen LogP contribution in [0.15, 0.2) is 12.1 Å². The maximum Gasteiger partial charge on any atom is 0.127 e. The third-order valence-corrected chi connectivity index (χ3v) is 2.90. The highest BCUT2D eigenvalue weighted by Crippen LogP contribution is 2.35. The van der Waals surface area contributed by atoms with Gasteiger partial charge in [-0.25, -0.2) is 0 Å². The zero-order valence-electron chi connectivity index (χ0n) is 11.7. The molecule has 1 aromatic carbocycles. The van der Waals surface area contributed by atoms with Crippen molar-refractivity contribution in [3.05, 3.63) is 28.8 Å². The molecule has 0 aliphatic heterocycles. The number of ether oxygens (including phenoxy) is 1. The van der Waals surface area contributed by atoms with E-state index in [0.717, 1.165) is 11.3 Å². The van der Waals surface area contributed by atoms with Gasteiger partial charge in [0.25, 0.3) is 0 Å². The van der Waals surface area contributed by atoms with E-state index in [0.29, 0.717) is 6.54 Å². The largest absolute Gasteiger partial charge is 0.496 e. The SMILES string of the molecule is CONCc1c(C)ccc(C(C)(C)C)c1OC. The van der Waals surface area contributed by atoms with Crippen LogP contribution in [-0.2, 0) is 16.8 Å². The van der Waals surface area contributed by atoms with E-state index in [-0.39, 0.29) is 5.41 Å². The Morgan fingerprint density at radius 1 is 1.18 bits per heavy atom. The highest BCUT2D eigenvalue weighted by atomic mass is 16.6. The molecule has 1 rings (SSSR count). The minimum Gasteiger partial charge on any atom is -0.496 e. The highest BCUT2D eigenvalue weighted by Gasteiger charge is 2.21. The van der Waals surface area contributed by atoms with Gasteiger partial charge in [0, 0.05) is 12.1 Å². The van der Waals surface area contributed by atoms with Gasteiger partial charge in [0.05, 0.1) is 14.2 Å². The quantitative estimate of drug-likeness (QED) is 0.817. The summed E-state index contributed by atoms with van der Waals surface area (Å²) in [5, 5.41) is 0. The number of aryl methyl sites for hydroxylation is 1. The van der Waals surface area contributed by atoms with Crippen LogP contribution in [0.25, 0.3) is 0 Å². The molecule has 0 amide bonds. The van der Waals surface area contributed by atoms with Gasteiger partial charge in [-0.15, -0.1) is 0 Å². The van der Waals surface area contributed by atoms with Gasteiger partial charge in [0.1, 0.15) is 5.75 Å². The van der Waals surface area contributed by atoms with Crippen molar-refractivity contribution >= 4 is 0 Å². The fourth-order valence-electron chi connectivity index (χ4n) is 1.91. The molecule has 0 unspecified atom stereocenters. The van der Waals surface area contributed by atoms with E-state index in [9.17, 15) is 0 Å². The molecule has 0 spiro atoms. The Balaban J connectivity index is 3.26. The molecule has 96 valence electrons. The Hall–Kier alpha value is -1.06. The fourth-order valence-corrected chi connectivity index (χ4v) is 1.91. The third-order valence-electron chi connectivity index (χ3n) is 2.90. The van der Waals surface area contributed by atoms with Gasteiger partial charge in [-0.2, -0.15) is 5.48 Å². The van der Waals surface area contributed by atoms with Gasteiger partial charge < -0.3 is 9.57 Å². The zero-order valence-corrected chi connectivity index (χ0v) is 11.7. The number of rotatable bonds is 4. The molecule has 0 saturated carbocycles. The average molecular weight is 237 g/mol. The summed E-state index contributed by atoms with van der Waals surface area (Å²) in [5.41, 5.74) is 6.53. The van der Waals surface area contributed by atoms with Crippen LogP contribution in [0.4, 0.5) is 0 Å². The van der Waals surface area contributed by atoms with Gasteiger partial charge >= 0.3 is 0 Å². The molecule has 3 nitrogen and oxygen atoms in total. The first kappa shape index (κ1) is 14.0. The topological polar surface area (TPSA) is 30.5 Å². The van der Waals surface area contributed by atoms with E-state index in [1.165, 1.54) is 11.1 Å². The van der Waals surface area contributed by atoms with Crippen LogP contribution in [-0.4, -0.2) is 14.2 Å². The molecule has 0 radical (unpaired) electrons. The second kappa shape index (κ2) is 5.52. The molecule has 0 aromatic heterocycles. The van der Waals surface area contributed by atoms with Gasteiger partial charge in [0.15, 0.2) is 0 Å². The smallest absolute Gasteiger partial charge is 0.127 e. The summed E-state index contributed by atoms with van der Waals surface area (Å²) in [6, 6.07) is 4.28. The van der Waals surface area contributed by atoms with Crippen LogP contribution >= 0.6 is 0 Å². The highest BCUT2D eigenvalue weighted by molar-refractivity contribution is 5.48. The first-order chi connectivity index (χ1) is 7.91. The lowest BCUT2D eigenvalue weighted by molar-refractivity contribution is 0.0859. The molecule has 0 aliphatic carbocycles. The van der Waals surface area contributed by atoms with Crippen molar-refractivity contribution < 1.29 is 9.57 Å². The normalized spacial score (nSPS) is 11.6. The van der Waals surface area contributed by atoms with Crippen LogP contribution in [0, 0.1) is 6.92 Å². The lowest BCUT2D eigenvalue weighted by atomic mass is 9.84. The van der Waals surface area contributed by atoms with Gasteiger partial charge in [0.2, 0.25) is 0 Å². The van der Waals surface area contributed by atoms with Gasteiger partial charge in [-0.3, -0.25) is 0 Å². The number of hydroxylamine groups is 1. The maximum absolute atomic E-state index is 5.59. The lowest BCUT2D eigenvalue weighted by Gasteiger charge is -2.25. The van der Waals surface area contributed by atoms with E-state index in [4.69, 9.17) is 9.57 Å². The molecule has 1 aromatic rings. The molecule has 3 heteroatoms. The van der Waals surface area contributed by atoms with E-state index in [2.05, 4.69) is 45.3 Å². The standard InChI is InChI=1S/C14H23NO2/c1-10-7-8-12(14(2,3)4)13(16-5)11(10)9-15-17-6/h7-8,15H,9H2,1-6H3. The van der Waals surface area contributed by atoms with Crippen molar-refractivity contribution in [2.45, 2.75) is 39.7 Å². The zero-order chi connectivity index (χ0) is 13.1. The second-order valence-corrected chi connectivity index (χ2v) is 5.22. The minimum atomic E-state index is 0.0703. The van der Waals surface area contributed by atoms with Crippen LogP contribution in [0.1, 0.15) is 37.5 Å². The molecule has 0 heterocycles. The second-order valence-electron chi connectivity index (χ2n) is 5.22. The molecular weight excluding hydrogens is 214 g/mol. The Kier molecular flexibility index (Phi) is 4.54. The molecule has 0 bridgehead atoms. The molecule has 1 N–H and O–H groups in total. The molecular formula is C14H23NO2. The lowest BCUT2D eigenvalue weighted by Crippen LogP contribution is -2.17.